The van der Waals surface area contributed by atoms with Crippen molar-refractivity contribution in [2.45, 2.75) is 122 Å². The van der Waals surface area contributed by atoms with E-state index in [0.29, 0.717) is 18.3 Å². The predicted octanol–water partition coefficient (Wildman–Crippen LogP) is 7.19. The highest BCUT2D eigenvalue weighted by atomic mass is 28.4. The van der Waals surface area contributed by atoms with Crippen LogP contribution in [0.4, 0.5) is 0 Å². The summed E-state index contributed by atoms with van der Waals surface area (Å²) in [6, 6.07) is 0. The molecule has 0 aromatic rings. The van der Waals surface area contributed by atoms with Crippen molar-refractivity contribution in [2.75, 3.05) is 7.11 Å². The van der Waals surface area contributed by atoms with E-state index in [2.05, 4.69) is 59.0 Å². The van der Waals surface area contributed by atoms with Gasteiger partial charge in [-0.3, -0.25) is 4.79 Å². The van der Waals surface area contributed by atoms with E-state index in [0.717, 1.165) is 38.5 Å². The Morgan fingerprint density at radius 1 is 1.24 bits per heavy atom. The van der Waals surface area contributed by atoms with Crippen LogP contribution in [0, 0.1) is 17.8 Å². The normalized spacial score (nSPS) is 26.5. The van der Waals surface area contributed by atoms with Crippen molar-refractivity contribution in [1.29, 1.82) is 0 Å². The van der Waals surface area contributed by atoms with Gasteiger partial charge in [0, 0.05) is 12.3 Å². The molecule has 0 aromatic heterocycles. The third-order valence-electron chi connectivity index (χ3n) is 8.20. The number of aliphatic hydroxyl groups is 1. The van der Waals surface area contributed by atoms with Crippen molar-refractivity contribution in [2.24, 2.45) is 17.8 Å². The zero-order valence-corrected chi connectivity index (χ0v) is 23.4. The molecule has 0 heterocycles. The average molecular weight is 479 g/mol. The molecule has 0 amide bonds. The maximum Gasteiger partial charge on any atom is 0.305 e. The van der Waals surface area contributed by atoms with Crippen LogP contribution in [0.5, 0.6) is 0 Å². The fraction of sp³-hybridized carbons (Fsp3) is 0.821. The molecule has 0 aromatic carbocycles. The highest BCUT2D eigenvalue weighted by Gasteiger charge is 2.43. The minimum absolute atomic E-state index is 0.117. The molecule has 190 valence electrons. The molecule has 5 heteroatoms. The lowest BCUT2D eigenvalue weighted by Gasteiger charge is -2.39. The summed E-state index contributed by atoms with van der Waals surface area (Å²) >= 11 is 0. The van der Waals surface area contributed by atoms with Crippen LogP contribution >= 0.6 is 0 Å². The molecular formula is C28H50O4Si. The smallest absolute Gasteiger partial charge is 0.305 e. The van der Waals surface area contributed by atoms with Crippen LogP contribution in [0.1, 0.15) is 91.9 Å². The number of ether oxygens (including phenoxy) is 1. The van der Waals surface area contributed by atoms with Gasteiger partial charge < -0.3 is 14.3 Å². The molecule has 2 aliphatic carbocycles. The quantitative estimate of drug-likeness (QED) is 0.132. The lowest BCUT2D eigenvalue weighted by molar-refractivity contribution is -0.140. The highest BCUT2D eigenvalue weighted by molar-refractivity contribution is 6.74. The van der Waals surface area contributed by atoms with E-state index in [1.54, 1.807) is 0 Å². The Bertz CT molecular complexity index is 676. The van der Waals surface area contributed by atoms with Gasteiger partial charge in [0.25, 0.3) is 0 Å². The summed E-state index contributed by atoms with van der Waals surface area (Å²) in [6.07, 6.45) is 17.1. The first kappa shape index (κ1) is 28.3. The first-order valence-electron chi connectivity index (χ1n) is 13.3. The van der Waals surface area contributed by atoms with Gasteiger partial charge in [-0.1, -0.05) is 70.8 Å². The van der Waals surface area contributed by atoms with Gasteiger partial charge in [-0.25, -0.2) is 0 Å². The molecule has 0 radical (unpaired) electrons. The van der Waals surface area contributed by atoms with Gasteiger partial charge in [-0.05, 0) is 68.5 Å². The van der Waals surface area contributed by atoms with E-state index >= 15 is 0 Å². The molecule has 0 saturated heterocycles. The van der Waals surface area contributed by atoms with Crippen molar-refractivity contribution in [3.8, 4) is 0 Å². The molecule has 1 N–H and O–H groups in total. The third-order valence-corrected chi connectivity index (χ3v) is 12.7. The Balaban J connectivity index is 1.97. The Kier molecular flexibility index (Phi) is 10.9. The molecule has 2 aliphatic rings. The van der Waals surface area contributed by atoms with Gasteiger partial charge in [0.15, 0.2) is 8.32 Å². The summed E-state index contributed by atoms with van der Waals surface area (Å²) in [5.41, 5.74) is 1.51. The molecule has 0 bridgehead atoms. The molecule has 1 saturated carbocycles. The number of allylic oxidation sites excluding steroid dienone is 2. The van der Waals surface area contributed by atoms with Crippen LogP contribution in [0.15, 0.2) is 23.8 Å². The second-order valence-corrected chi connectivity index (χ2v) is 16.6. The van der Waals surface area contributed by atoms with E-state index in [9.17, 15) is 9.90 Å². The van der Waals surface area contributed by atoms with E-state index in [-0.39, 0.29) is 29.1 Å². The number of methoxy groups -OCH3 is 1. The fourth-order valence-electron chi connectivity index (χ4n) is 5.11. The molecule has 0 aliphatic heterocycles. The minimum atomic E-state index is -1.85. The molecule has 0 spiro atoms. The van der Waals surface area contributed by atoms with Crippen LogP contribution in [0.2, 0.25) is 18.1 Å². The first-order valence-corrected chi connectivity index (χ1v) is 16.2. The minimum Gasteiger partial charge on any atom is -0.469 e. The number of esters is 1. The monoisotopic (exact) mass is 478 g/mol. The second-order valence-electron chi connectivity index (χ2n) is 11.8. The SMILES string of the molecule is CCCCC[C@H](C=C[C@@H]1[C@H]2CC(CCCCC(=O)OC)=C[C@H]2C[C@H]1O)O[Si](C)(C)C(C)(C)C. The standard InChI is InChI=1S/C28H50O4Si/c1-8-9-10-14-23(32-33(6,7)28(2,3)4)16-17-24-25-19-21(18-22(25)20-26(24)29)13-11-12-15-27(30)31-5/h16-18,22-26,29H,8-15,19-20H2,1-7H3/t22-,23+,24+,25-,26+/m0/s1. The lowest BCUT2D eigenvalue weighted by atomic mass is 9.88. The average Bonchev–Trinajstić information content (AvgIpc) is 3.24. The number of fused-ring (bicyclic) bond motifs is 1. The van der Waals surface area contributed by atoms with Crippen LogP contribution in [0.3, 0.4) is 0 Å². The molecule has 5 atom stereocenters. The molecule has 1 fully saturated rings. The molecular weight excluding hydrogens is 428 g/mol. The van der Waals surface area contributed by atoms with Crippen molar-refractivity contribution in [3.05, 3.63) is 23.8 Å². The number of hydrogen-bond donors (Lipinski definition) is 1. The number of carbonyl (C=O) groups excluding carboxylic acids is 1. The number of rotatable bonds is 13. The van der Waals surface area contributed by atoms with Gasteiger partial charge in [0.1, 0.15) is 0 Å². The van der Waals surface area contributed by atoms with Crippen LogP contribution < -0.4 is 0 Å². The molecule has 0 unspecified atom stereocenters. The maximum atomic E-state index is 11.3. The molecule has 33 heavy (non-hydrogen) atoms. The Morgan fingerprint density at radius 3 is 2.61 bits per heavy atom. The number of hydrogen-bond acceptors (Lipinski definition) is 4. The van der Waals surface area contributed by atoms with Crippen molar-refractivity contribution < 1.29 is 19.1 Å². The third kappa shape index (κ3) is 8.36. The topological polar surface area (TPSA) is 55.8 Å². The summed E-state index contributed by atoms with van der Waals surface area (Å²) in [5.74, 6) is 1.10. The Labute approximate surface area is 204 Å². The van der Waals surface area contributed by atoms with Gasteiger partial charge in [-0.2, -0.15) is 0 Å². The van der Waals surface area contributed by atoms with E-state index in [4.69, 9.17) is 9.16 Å². The number of aliphatic hydroxyl groups excluding tert-OH is 1. The predicted molar refractivity (Wildman–Crippen MR) is 140 cm³/mol. The lowest BCUT2D eigenvalue weighted by Crippen LogP contribution is -2.43. The molecule has 4 nitrogen and oxygen atoms in total. The summed E-state index contributed by atoms with van der Waals surface area (Å²) in [7, 11) is -0.394. The van der Waals surface area contributed by atoms with Gasteiger partial charge in [-0.15, -0.1) is 0 Å². The molecule has 2 rings (SSSR count). The van der Waals surface area contributed by atoms with Crippen LogP contribution in [-0.2, 0) is 14.0 Å². The van der Waals surface area contributed by atoms with Crippen molar-refractivity contribution in [3.63, 3.8) is 0 Å². The van der Waals surface area contributed by atoms with Gasteiger partial charge in [0.05, 0.1) is 19.3 Å². The van der Waals surface area contributed by atoms with Gasteiger partial charge >= 0.3 is 5.97 Å². The maximum absolute atomic E-state index is 11.3. The van der Waals surface area contributed by atoms with Gasteiger partial charge in [0.2, 0.25) is 0 Å². The van der Waals surface area contributed by atoms with E-state index < -0.39 is 8.32 Å². The first-order chi connectivity index (χ1) is 15.5. The fourth-order valence-corrected chi connectivity index (χ4v) is 6.42. The number of carbonyl (C=O) groups is 1. The van der Waals surface area contributed by atoms with E-state index in [1.807, 2.05) is 0 Å². The zero-order chi connectivity index (χ0) is 24.6. The highest BCUT2D eigenvalue weighted by Crippen LogP contribution is 2.48. The summed E-state index contributed by atoms with van der Waals surface area (Å²) < 4.78 is 11.5. The Morgan fingerprint density at radius 2 is 1.97 bits per heavy atom. The summed E-state index contributed by atoms with van der Waals surface area (Å²) in [5, 5.41) is 11.0. The summed E-state index contributed by atoms with van der Waals surface area (Å²) in [4.78, 5) is 11.3. The largest absolute Gasteiger partial charge is 0.469 e. The number of unbranched alkanes of at least 4 members (excludes halogenated alkanes) is 3. The van der Waals surface area contributed by atoms with E-state index in [1.165, 1.54) is 31.9 Å². The second kappa shape index (κ2) is 12.7. The van der Waals surface area contributed by atoms with Crippen LogP contribution in [0.25, 0.3) is 0 Å². The van der Waals surface area contributed by atoms with Crippen molar-refractivity contribution >= 4 is 14.3 Å². The van der Waals surface area contributed by atoms with Crippen molar-refractivity contribution in [1.82, 2.24) is 0 Å². The zero-order valence-electron chi connectivity index (χ0n) is 22.4. The summed E-state index contributed by atoms with van der Waals surface area (Å²) in [6.45, 7) is 13.8. The van der Waals surface area contributed by atoms with Crippen LogP contribution in [-0.4, -0.2) is 38.7 Å². The Hall–Kier alpha value is -0.913.